The fourth-order valence-corrected chi connectivity index (χ4v) is 5.95. The molecule has 0 spiro atoms. The molecule has 6 unspecified atom stereocenters. The van der Waals surface area contributed by atoms with Gasteiger partial charge in [0.2, 0.25) is 0 Å². The van der Waals surface area contributed by atoms with Crippen LogP contribution in [0.25, 0.3) is 0 Å². The Balaban J connectivity index is 2.32. The van der Waals surface area contributed by atoms with Crippen LogP contribution in [-0.2, 0) is 0 Å². The molecule has 0 amide bonds. The van der Waals surface area contributed by atoms with Gasteiger partial charge in [-0.15, -0.1) is 6.58 Å². The summed E-state index contributed by atoms with van der Waals surface area (Å²) in [5.41, 5.74) is 5.55. The van der Waals surface area contributed by atoms with E-state index in [-0.39, 0.29) is 0 Å². The van der Waals surface area contributed by atoms with Gasteiger partial charge in [-0.3, -0.25) is 0 Å². The molecular weight excluding hydrogens is 348 g/mol. The first-order valence-electron chi connectivity index (χ1n) is 12.3. The van der Waals surface area contributed by atoms with Crippen LogP contribution in [0.3, 0.4) is 0 Å². The van der Waals surface area contributed by atoms with Crippen molar-refractivity contribution in [3.05, 3.63) is 36.0 Å². The Morgan fingerprint density at radius 2 is 1.76 bits per heavy atom. The third kappa shape index (κ3) is 5.48. The average molecular weight is 399 g/mol. The summed E-state index contributed by atoms with van der Waals surface area (Å²) in [6.07, 6.45) is 10.1. The highest BCUT2D eigenvalue weighted by Crippen LogP contribution is 2.53. The Morgan fingerprint density at radius 1 is 1.17 bits per heavy atom. The fraction of sp³-hybridized carbons (Fsp3) is 0.793. The van der Waals surface area contributed by atoms with E-state index in [2.05, 4.69) is 81.5 Å². The van der Waals surface area contributed by atoms with Crippen molar-refractivity contribution < 1.29 is 0 Å². The smallest absolute Gasteiger partial charge is 0.00188 e. The quantitative estimate of drug-likeness (QED) is 0.375. The molecule has 1 fully saturated rings. The predicted molar refractivity (Wildman–Crippen MR) is 131 cm³/mol. The second kappa shape index (κ2) is 9.15. The van der Waals surface area contributed by atoms with Crippen LogP contribution in [0, 0.1) is 46.3 Å². The lowest BCUT2D eigenvalue weighted by Gasteiger charge is -2.42. The van der Waals surface area contributed by atoms with Gasteiger partial charge < -0.3 is 0 Å². The van der Waals surface area contributed by atoms with Crippen molar-refractivity contribution in [1.82, 2.24) is 0 Å². The summed E-state index contributed by atoms with van der Waals surface area (Å²) in [4.78, 5) is 0. The van der Waals surface area contributed by atoms with Crippen LogP contribution in [0.2, 0.25) is 0 Å². The van der Waals surface area contributed by atoms with Gasteiger partial charge in [-0.2, -0.15) is 0 Å². The van der Waals surface area contributed by atoms with Crippen LogP contribution in [0.5, 0.6) is 0 Å². The number of allylic oxidation sites excluding steroid dienone is 4. The second-order valence-corrected chi connectivity index (χ2v) is 12.2. The topological polar surface area (TPSA) is 0 Å². The molecule has 0 heteroatoms. The van der Waals surface area contributed by atoms with Crippen molar-refractivity contribution in [2.75, 3.05) is 0 Å². The Kier molecular flexibility index (Phi) is 7.73. The molecule has 6 atom stereocenters. The summed E-state index contributed by atoms with van der Waals surface area (Å²) >= 11 is 0. The molecule has 0 nitrogen and oxygen atoms in total. The minimum Gasteiger partial charge on any atom is -0.102 e. The average Bonchev–Trinajstić information content (AvgIpc) is 3.36. The highest BCUT2D eigenvalue weighted by molar-refractivity contribution is 5.40. The molecule has 2 aliphatic carbocycles. The largest absolute Gasteiger partial charge is 0.102 e. The lowest BCUT2D eigenvalue weighted by molar-refractivity contribution is 0.0885. The summed E-state index contributed by atoms with van der Waals surface area (Å²) < 4.78 is 0. The van der Waals surface area contributed by atoms with Gasteiger partial charge in [0.1, 0.15) is 0 Å². The van der Waals surface area contributed by atoms with Gasteiger partial charge in [0.25, 0.3) is 0 Å². The molecule has 2 rings (SSSR count). The molecular formula is C29H50. The number of rotatable bonds is 7. The minimum atomic E-state index is 0.371. The normalized spacial score (nSPS) is 34.8. The zero-order chi connectivity index (χ0) is 22.1. The van der Waals surface area contributed by atoms with Gasteiger partial charge in [-0.05, 0) is 85.9 Å². The van der Waals surface area contributed by atoms with Gasteiger partial charge in [0, 0.05) is 5.92 Å². The van der Waals surface area contributed by atoms with E-state index in [0.29, 0.717) is 22.7 Å². The molecule has 0 aliphatic heterocycles. The first-order chi connectivity index (χ1) is 13.3. The summed E-state index contributed by atoms with van der Waals surface area (Å²) in [7, 11) is 0. The van der Waals surface area contributed by atoms with E-state index in [0.717, 1.165) is 23.7 Å². The second-order valence-electron chi connectivity index (χ2n) is 12.2. The summed E-state index contributed by atoms with van der Waals surface area (Å²) in [6.45, 7) is 30.9. The van der Waals surface area contributed by atoms with E-state index in [4.69, 9.17) is 0 Å². The molecule has 0 radical (unpaired) electrons. The van der Waals surface area contributed by atoms with Gasteiger partial charge in [0.05, 0.1) is 0 Å². The first kappa shape index (κ1) is 24.5. The molecule has 1 saturated carbocycles. The van der Waals surface area contributed by atoms with Crippen LogP contribution >= 0.6 is 0 Å². The summed E-state index contributed by atoms with van der Waals surface area (Å²) in [5.74, 6) is 4.02. The van der Waals surface area contributed by atoms with Crippen LogP contribution in [-0.4, -0.2) is 0 Å². The van der Waals surface area contributed by atoms with Crippen molar-refractivity contribution >= 4 is 0 Å². The van der Waals surface area contributed by atoms with Crippen LogP contribution in [0.4, 0.5) is 0 Å². The monoisotopic (exact) mass is 398 g/mol. The van der Waals surface area contributed by atoms with Crippen molar-refractivity contribution in [1.29, 1.82) is 0 Å². The van der Waals surface area contributed by atoms with Gasteiger partial charge in [-0.1, -0.05) is 84.8 Å². The van der Waals surface area contributed by atoms with Gasteiger partial charge in [0.15, 0.2) is 0 Å². The van der Waals surface area contributed by atoms with Crippen LogP contribution < -0.4 is 0 Å². The highest BCUT2D eigenvalue weighted by atomic mass is 14.5. The lowest BCUT2D eigenvalue weighted by atomic mass is 9.63. The third-order valence-corrected chi connectivity index (χ3v) is 9.57. The maximum atomic E-state index is 4.57. The van der Waals surface area contributed by atoms with Gasteiger partial charge in [-0.25, -0.2) is 0 Å². The van der Waals surface area contributed by atoms with Crippen LogP contribution in [0.15, 0.2) is 36.0 Å². The summed E-state index contributed by atoms with van der Waals surface area (Å²) in [5, 5.41) is 0. The zero-order valence-corrected chi connectivity index (χ0v) is 21.2. The first-order valence-corrected chi connectivity index (χ1v) is 12.3. The van der Waals surface area contributed by atoms with Gasteiger partial charge >= 0.3 is 0 Å². The molecule has 166 valence electrons. The van der Waals surface area contributed by atoms with E-state index in [1.165, 1.54) is 44.1 Å². The number of hydrogen-bond acceptors (Lipinski definition) is 0. The molecule has 0 aromatic rings. The minimum absolute atomic E-state index is 0.371. The third-order valence-electron chi connectivity index (χ3n) is 9.57. The SMILES string of the molecule is C=CC(C)C(=C)C(CC1CC(C)CC(C)(C(C)C)CCC(C)C1(C)C)C1=C(C)C1. The Morgan fingerprint density at radius 3 is 2.24 bits per heavy atom. The molecule has 0 bridgehead atoms. The molecule has 29 heavy (non-hydrogen) atoms. The van der Waals surface area contributed by atoms with E-state index in [1.807, 2.05) is 0 Å². The molecule has 2 aliphatic rings. The lowest BCUT2D eigenvalue weighted by Crippen LogP contribution is -2.34. The highest BCUT2D eigenvalue weighted by Gasteiger charge is 2.43. The number of hydrogen-bond donors (Lipinski definition) is 0. The fourth-order valence-electron chi connectivity index (χ4n) is 5.95. The Hall–Kier alpha value is -0.780. The van der Waals surface area contributed by atoms with E-state index < -0.39 is 0 Å². The zero-order valence-electron chi connectivity index (χ0n) is 21.2. The molecule has 0 heterocycles. The van der Waals surface area contributed by atoms with Crippen molar-refractivity contribution in [2.45, 2.75) is 101 Å². The predicted octanol–water partition coefficient (Wildman–Crippen LogP) is 9.24. The summed E-state index contributed by atoms with van der Waals surface area (Å²) in [6, 6.07) is 0. The molecule has 0 N–H and O–H groups in total. The van der Waals surface area contributed by atoms with E-state index in [9.17, 15) is 0 Å². The van der Waals surface area contributed by atoms with Crippen LogP contribution in [0.1, 0.15) is 101 Å². The molecule has 0 aromatic carbocycles. The Bertz CT molecular complexity index is 630. The maximum Gasteiger partial charge on any atom is 0.00188 e. The van der Waals surface area contributed by atoms with Crippen molar-refractivity contribution in [2.24, 2.45) is 46.3 Å². The van der Waals surface area contributed by atoms with Crippen molar-refractivity contribution in [3.8, 4) is 0 Å². The Labute approximate surface area is 183 Å². The van der Waals surface area contributed by atoms with E-state index in [1.54, 1.807) is 11.1 Å². The molecule has 0 saturated heterocycles. The standard InChI is InChI=1S/C29H50/c1-12-21(5)24(8)27(26-16-22(26)6)17-25-15-20(4)18-29(11,19(2)3)14-13-23(7)28(25,9)10/h12,19-21,23,25,27H,1,8,13-18H2,2-7,9-11H3. The molecule has 0 aromatic heterocycles. The van der Waals surface area contributed by atoms with Crippen molar-refractivity contribution in [3.63, 3.8) is 0 Å². The van der Waals surface area contributed by atoms with E-state index >= 15 is 0 Å². The maximum absolute atomic E-state index is 4.57.